The van der Waals surface area contributed by atoms with E-state index in [0.717, 1.165) is 25.7 Å². The minimum absolute atomic E-state index is 0.843. The van der Waals surface area contributed by atoms with Crippen LogP contribution in [-0.4, -0.2) is 21.9 Å². The number of hydrogen-bond acceptors (Lipinski definition) is 5. The molecule has 0 amide bonds. The highest BCUT2D eigenvalue weighted by Crippen LogP contribution is 2.32. The third kappa shape index (κ3) is 1.87. The first-order valence-corrected chi connectivity index (χ1v) is 6.69. The fourth-order valence-corrected chi connectivity index (χ4v) is 2.62. The monoisotopic (exact) mass is 255 g/mol. The Kier molecular flexibility index (Phi) is 3.23. The van der Waals surface area contributed by atoms with Crippen LogP contribution in [-0.2, 0) is 0 Å². The van der Waals surface area contributed by atoms with Crippen LogP contribution in [0.2, 0.25) is 0 Å². The van der Waals surface area contributed by atoms with E-state index in [1.54, 1.807) is 18.9 Å². The van der Waals surface area contributed by atoms with E-state index in [4.69, 9.17) is 17.0 Å². The number of nitrogens with zero attached hydrogens (tertiary/aromatic N) is 1. The maximum Gasteiger partial charge on any atom is 0.201 e. The fourth-order valence-electron chi connectivity index (χ4n) is 1.36. The van der Waals surface area contributed by atoms with Gasteiger partial charge in [-0.1, -0.05) is 24.4 Å². The maximum atomic E-state index is 5.28. The molecule has 0 spiro atoms. The molecule has 0 N–H and O–H groups in total. The molecule has 0 unspecified atom stereocenters. The van der Waals surface area contributed by atoms with Gasteiger partial charge in [-0.2, -0.15) is 4.37 Å². The molecule has 2 rings (SSSR count). The first kappa shape index (κ1) is 10.9. The molecule has 0 atom stereocenters. The van der Waals surface area contributed by atoms with Crippen LogP contribution in [0.4, 0.5) is 0 Å². The second kappa shape index (κ2) is 4.47. The average molecular weight is 255 g/mol. The van der Waals surface area contributed by atoms with Crippen LogP contribution in [0.15, 0.2) is 18.2 Å². The summed E-state index contributed by atoms with van der Waals surface area (Å²) in [5.41, 5.74) is 1.97. The molecule has 0 saturated carbocycles. The Morgan fingerprint density at radius 2 is 2.33 bits per heavy atom. The van der Waals surface area contributed by atoms with Crippen molar-refractivity contribution in [1.82, 2.24) is 4.37 Å². The third-order valence-electron chi connectivity index (χ3n) is 2.07. The summed E-state index contributed by atoms with van der Waals surface area (Å²) < 4.78 is 10.5. The normalized spacial score (nSPS) is 10.5. The Balaban J connectivity index is 2.67. The maximum absolute atomic E-state index is 5.28. The highest BCUT2D eigenvalue weighted by molar-refractivity contribution is 8.23. The second-order valence-corrected chi connectivity index (χ2v) is 5.09. The molecule has 0 bridgehead atoms. The van der Waals surface area contributed by atoms with Crippen LogP contribution in [0.3, 0.4) is 0 Å². The summed E-state index contributed by atoms with van der Waals surface area (Å²) in [6.07, 6.45) is 1.98. The van der Waals surface area contributed by atoms with Crippen molar-refractivity contribution in [2.24, 2.45) is 0 Å². The molecule has 0 saturated heterocycles. The first-order valence-electron chi connectivity index (χ1n) is 4.28. The predicted octanol–water partition coefficient (Wildman–Crippen LogP) is 3.34. The van der Waals surface area contributed by atoms with Crippen molar-refractivity contribution >= 4 is 50.6 Å². The number of fused-ring (bicyclic) bond motifs is 1. The zero-order chi connectivity index (χ0) is 10.8. The summed E-state index contributed by atoms with van der Waals surface area (Å²) in [5, 5.41) is 1.88. The molecular formula is C10H9NOS3. The molecule has 78 valence electrons. The van der Waals surface area contributed by atoms with E-state index >= 15 is 0 Å². The number of methoxy groups -OCH3 is 1. The lowest BCUT2D eigenvalue weighted by atomic mass is 10.2. The van der Waals surface area contributed by atoms with Gasteiger partial charge in [-0.25, -0.2) is 0 Å². The van der Waals surface area contributed by atoms with Gasteiger partial charge in [-0.3, -0.25) is 0 Å². The van der Waals surface area contributed by atoms with E-state index in [2.05, 4.69) is 4.37 Å². The molecule has 0 aliphatic heterocycles. The van der Waals surface area contributed by atoms with Gasteiger partial charge in [0.05, 0.1) is 22.2 Å². The standard InChI is InChI=1S/C10H9NOS3/c1-12-9-6-4-3-5-7(10(13)14-2)8(6)11-15-9/h3-5H,1-2H3. The molecule has 1 aromatic heterocycles. The van der Waals surface area contributed by atoms with Crippen molar-refractivity contribution in [3.63, 3.8) is 0 Å². The van der Waals surface area contributed by atoms with Crippen molar-refractivity contribution in [3.8, 4) is 5.06 Å². The van der Waals surface area contributed by atoms with Gasteiger partial charge in [0.25, 0.3) is 0 Å². The molecule has 15 heavy (non-hydrogen) atoms. The third-order valence-corrected chi connectivity index (χ3v) is 4.20. The van der Waals surface area contributed by atoms with E-state index in [-0.39, 0.29) is 0 Å². The van der Waals surface area contributed by atoms with Crippen molar-refractivity contribution in [3.05, 3.63) is 23.8 Å². The van der Waals surface area contributed by atoms with E-state index in [0.29, 0.717) is 0 Å². The smallest absolute Gasteiger partial charge is 0.201 e. The summed E-state index contributed by atoms with van der Waals surface area (Å²) in [5.74, 6) is 0. The van der Waals surface area contributed by atoms with E-state index in [9.17, 15) is 0 Å². The largest absolute Gasteiger partial charge is 0.486 e. The summed E-state index contributed by atoms with van der Waals surface area (Å²) in [6.45, 7) is 0. The van der Waals surface area contributed by atoms with Crippen LogP contribution in [0.5, 0.6) is 5.06 Å². The number of rotatable bonds is 2. The quantitative estimate of drug-likeness (QED) is 0.767. The Morgan fingerprint density at radius 1 is 1.53 bits per heavy atom. The lowest BCUT2D eigenvalue weighted by molar-refractivity contribution is 0.431. The predicted molar refractivity (Wildman–Crippen MR) is 71.4 cm³/mol. The van der Waals surface area contributed by atoms with Gasteiger partial charge in [0, 0.05) is 17.1 Å². The molecule has 2 nitrogen and oxygen atoms in total. The highest BCUT2D eigenvalue weighted by atomic mass is 32.2. The Bertz CT molecular complexity index is 506. The van der Waals surface area contributed by atoms with Crippen molar-refractivity contribution in [1.29, 1.82) is 0 Å². The Morgan fingerprint density at radius 3 is 3.00 bits per heavy atom. The molecule has 5 heteroatoms. The van der Waals surface area contributed by atoms with E-state index in [1.165, 1.54) is 11.5 Å². The second-order valence-electron chi connectivity index (χ2n) is 2.87. The topological polar surface area (TPSA) is 22.1 Å². The lowest BCUT2D eigenvalue weighted by Crippen LogP contribution is -1.91. The van der Waals surface area contributed by atoms with Crippen LogP contribution >= 0.6 is 35.5 Å². The number of ether oxygens (including phenoxy) is 1. The van der Waals surface area contributed by atoms with Gasteiger partial charge < -0.3 is 4.74 Å². The van der Waals surface area contributed by atoms with Gasteiger partial charge in [0.15, 0.2) is 0 Å². The van der Waals surface area contributed by atoms with Crippen LogP contribution in [0.1, 0.15) is 5.56 Å². The Hall–Kier alpha value is -0.650. The molecule has 0 aliphatic carbocycles. The van der Waals surface area contributed by atoms with Crippen LogP contribution in [0.25, 0.3) is 10.9 Å². The van der Waals surface area contributed by atoms with Gasteiger partial charge in [0.1, 0.15) is 0 Å². The minimum atomic E-state index is 0.843. The zero-order valence-corrected chi connectivity index (χ0v) is 10.8. The molecule has 0 radical (unpaired) electrons. The van der Waals surface area contributed by atoms with Crippen LogP contribution in [0, 0.1) is 0 Å². The molecular weight excluding hydrogens is 246 g/mol. The van der Waals surface area contributed by atoms with E-state index < -0.39 is 0 Å². The lowest BCUT2D eigenvalue weighted by Gasteiger charge is -2.01. The first-order chi connectivity index (χ1) is 7.27. The van der Waals surface area contributed by atoms with Crippen LogP contribution < -0.4 is 4.74 Å². The number of thioether (sulfide) groups is 1. The minimum Gasteiger partial charge on any atom is -0.486 e. The summed E-state index contributed by atoms with van der Waals surface area (Å²) >= 11 is 8.21. The average Bonchev–Trinajstić information content (AvgIpc) is 2.70. The highest BCUT2D eigenvalue weighted by Gasteiger charge is 2.11. The van der Waals surface area contributed by atoms with Gasteiger partial charge in [-0.15, -0.1) is 11.8 Å². The number of benzene rings is 1. The number of thiocarbonyl (C=S) groups is 1. The van der Waals surface area contributed by atoms with Gasteiger partial charge in [0.2, 0.25) is 5.06 Å². The number of hydrogen-bond donors (Lipinski definition) is 0. The summed E-state index contributed by atoms with van der Waals surface area (Å²) in [6, 6.07) is 5.99. The fraction of sp³-hybridized carbons (Fsp3) is 0.200. The van der Waals surface area contributed by atoms with Crippen molar-refractivity contribution in [2.75, 3.05) is 13.4 Å². The molecule has 1 aromatic carbocycles. The summed E-state index contributed by atoms with van der Waals surface area (Å²) in [4.78, 5) is 0. The Labute approximate surface area is 102 Å². The van der Waals surface area contributed by atoms with Gasteiger partial charge in [-0.05, 0) is 12.3 Å². The van der Waals surface area contributed by atoms with Gasteiger partial charge >= 0.3 is 0 Å². The molecule has 0 fully saturated rings. The van der Waals surface area contributed by atoms with E-state index in [1.807, 2.05) is 24.5 Å². The molecule has 1 heterocycles. The molecule has 2 aromatic rings. The zero-order valence-electron chi connectivity index (χ0n) is 8.31. The molecule has 0 aliphatic rings. The number of aromatic nitrogens is 1. The van der Waals surface area contributed by atoms with Crippen molar-refractivity contribution in [2.45, 2.75) is 0 Å². The summed E-state index contributed by atoms with van der Waals surface area (Å²) in [7, 11) is 1.66. The van der Waals surface area contributed by atoms with Crippen molar-refractivity contribution < 1.29 is 4.74 Å². The SMILES string of the molecule is COc1snc2c(C(=S)SC)cccc12.